The summed E-state index contributed by atoms with van der Waals surface area (Å²) in [5.41, 5.74) is 0.0318. The topological polar surface area (TPSA) is 29.5 Å². The van der Waals surface area contributed by atoms with Crippen LogP contribution < -0.4 is 0 Å². The van der Waals surface area contributed by atoms with Gasteiger partial charge in [0, 0.05) is 19.1 Å². The predicted octanol–water partition coefficient (Wildman–Crippen LogP) is 3.17. The third kappa shape index (κ3) is 2.84. The van der Waals surface area contributed by atoms with Gasteiger partial charge in [0.15, 0.2) is 0 Å². The van der Waals surface area contributed by atoms with E-state index >= 15 is 0 Å². The van der Waals surface area contributed by atoms with E-state index in [4.69, 9.17) is 4.74 Å². The van der Waals surface area contributed by atoms with E-state index in [2.05, 4.69) is 0 Å². The molecule has 5 heteroatoms. The minimum atomic E-state index is -4.32. The summed E-state index contributed by atoms with van der Waals surface area (Å²) in [5, 5.41) is 9.25. The highest BCUT2D eigenvalue weighted by molar-refractivity contribution is 5.26. The number of aliphatic hydroxyl groups excluding tert-OH is 1. The lowest BCUT2D eigenvalue weighted by molar-refractivity contribution is -0.137. The van der Waals surface area contributed by atoms with Crippen molar-refractivity contribution in [3.63, 3.8) is 0 Å². The van der Waals surface area contributed by atoms with Crippen LogP contribution in [0.4, 0.5) is 13.2 Å². The molecule has 0 aromatic heterocycles. The lowest BCUT2D eigenvalue weighted by Gasteiger charge is -2.30. The second-order valence-corrected chi connectivity index (χ2v) is 4.50. The maximum absolute atomic E-state index is 12.4. The highest BCUT2D eigenvalue weighted by Crippen LogP contribution is 2.35. The summed E-state index contributed by atoms with van der Waals surface area (Å²) in [6, 6.07) is 4.98. The minimum Gasteiger partial charge on any atom is -0.396 e. The number of aliphatic hydroxyl groups is 1. The molecule has 0 radical (unpaired) electrons. The average Bonchev–Trinajstić information content (AvgIpc) is 2.38. The Morgan fingerprint density at radius 2 is 1.89 bits per heavy atom. The summed E-state index contributed by atoms with van der Waals surface area (Å²) in [4.78, 5) is 0. The Balaban J connectivity index is 2.18. The molecule has 0 aliphatic carbocycles. The van der Waals surface area contributed by atoms with Crippen LogP contribution >= 0.6 is 0 Å². The predicted molar refractivity (Wildman–Crippen MR) is 59.9 cm³/mol. The normalized spacial score (nSPS) is 25.1. The molecule has 0 bridgehead atoms. The zero-order valence-corrected chi connectivity index (χ0v) is 9.78. The summed E-state index contributed by atoms with van der Waals surface area (Å²) in [6.45, 7) is 0.577. The fourth-order valence-electron chi connectivity index (χ4n) is 2.26. The molecule has 1 aliphatic rings. The van der Waals surface area contributed by atoms with Crippen LogP contribution in [-0.4, -0.2) is 18.3 Å². The highest BCUT2D eigenvalue weighted by Gasteiger charge is 2.31. The molecule has 18 heavy (non-hydrogen) atoms. The maximum Gasteiger partial charge on any atom is 0.416 e. The molecule has 100 valence electrons. The van der Waals surface area contributed by atoms with Crippen molar-refractivity contribution in [3.05, 3.63) is 35.4 Å². The molecular weight excluding hydrogens is 245 g/mol. The molecule has 1 saturated heterocycles. The Morgan fingerprint density at radius 1 is 1.22 bits per heavy atom. The van der Waals surface area contributed by atoms with Gasteiger partial charge in [-0.2, -0.15) is 13.2 Å². The van der Waals surface area contributed by atoms with Gasteiger partial charge in [-0.15, -0.1) is 0 Å². The molecule has 1 aromatic carbocycles. The van der Waals surface area contributed by atoms with Crippen molar-refractivity contribution in [3.8, 4) is 0 Å². The van der Waals surface area contributed by atoms with Gasteiger partial charge in [-0.3, -0.25) is 0 Å². The Kier molecular flexibility index (Phi) is 3.92. The van der Waals surface area contributed by atoms with Crippen LogP contribution in [0, 0.1) is 5.92 Å². The van der Waals surface area contributed by atoms with Crippen LogP contribution in [0.3, 0.4) is 0 Å². The van der Waals surface area contributed by atoms with Crippen LogP contribution in [0.2, 0.25) is 0 Å². The molecule has 1 aliphatic heterocycles. The van der Waals surface area contributed by atoms with E-state index in [0.29, 0.717) is 12.2 Å². The number of alkyl halides is 3. The molecule has 0 spiro atoms. The van der Waals surface area contributed by atoms with Crippen molar-refractivity contribution in [1.29, 1.82) is 0 Å². The van der Waals surface area contributed by atoms with Gasteiger partial charge in [-0.25, -0.2) is 0 Å². The number of rotatable bonds is 2. The number of ether oxygens (including phenoxy) is 1. The van der Waals surface area contributed by atoms with Crippen molar-refractivity contribution in [1.82, 2.24) is 0 Å². The van der Waals surface area contributed by atoms with E-state index in [9.17, 15) is 18.3 Å². The van der Waals surface area contributed by atoms with Gasteiger partial charge in [0.2, 0.25) is 0 Å². The Hall–Kier alpha value is -1.07. The number of hydrogen-bond acceptors (Lipinski definition) is 2. The molecule has 2 nitrogen and oxygen atoms in total. The van der Waals surface area contributed by atoms with Crippen LogP contribution in [-0.2, 0) is 10.9 Å². The van der Waals surface area contributed by atoms with Gasteiger partial charge in [-0.1, -0.05) is 12.1 Å². The SMILES string of the molecule is OCC1CCCOC1c1ccc(C(F)(F)F)cc1. The number of hydrogen-bond donors (Lipinski definition) is 1. The van der Waals surface area contributed by atoms with E-state index in [1.807, 2.05) is 0 Å². The number of halogens is 3. The van der Waals surface area contributed by atoms with Gasteiger partial charge in [0.05, 0.1) is 11.7 Å². The summed E-state index contributed by atoms with van der Waals surface area (Å²) in [7, 11) is 0. The van der Waals surface area contributed by atoms with E-state index in [-0.39, 0.29) is 18.6 Å². The first kappa shape index (κ1) is 13.4. The van der Waals surface area contributed by atoms with Gasteiger partial charge in [0.1, 0.15) is 0 Å². The summed E-state index contributed by atoms with van der Waals surface area (Å²) >= 11 is 0. The molecule has 2 rings (SSSR count). The third-order valence-corrected chi connectivity index (χ3v) is 3.25. The Bertz CT molecular complexity index is 386. The van der Waals surface area contributed by atoms with Crippen LogP contribution in [0.5, 0.6) is 0 Å². The number of benzene rings is 1. The van der Waals surface area contributed by atoms with Crippen molar-refractivity contribution in [2.45, 2.75) is 25.1 Å². The highest BCUT2D eigenvalue weighted by atomic mass is 19.4. The molecular formula is C13H15F3O2. The molecule has 1 N–H and O–H groups in total. The lowest BCUT2D eigenvalue weighted by Crippen LogP contribution is -2.25. The fraction of sp³-hybridized carbons (Fsp3) is 0.538. The van der Waals surface area contributed by atoms with Crippen LogP contribution in [0.1, 0.15) is 30.1 Å². The van der Waals surface area contributed by atoms with Gasteiger partial charge in [-0.05, 0) is 30.5 Å². The quantitative estimate of drug-likeness (QED) is 0.885. The van der Waals surface area contributed by atoms with Crippen molar-refractivity contribution >= 4 is 0 Å². The minimum absolute atomic E-state index is 0.00825. The first-order valence-electron chi connectivity index (χ1n) is 5.92. The van der Waals surface area contributed by atoms with Gasteiger partial charge >= 0.3 is 6.18 Å². The average molecular weight is 260 g/mol. The first-order valence-corrected chi connectivity index (χ1v) is 5.92. The third-order valence-electron chi connectivity index (χ3n) is 3.25. The lowest BCUT2D eigenvalue weighted by atomic mass is 9.90. The molecule has 1 aromatic rings. The molecule has 1 heterocycles. The second-order valence-electron chi connectivity index (χ2n) is 4.50. The van der Waals surface area contributed by atoms with Crippen molar-refractivity contribution < 1.29 is 23.0 Å². The largest absolute Gasteiger partial charge is 0.416 e. The first-order chi connectivity index (χ1) is 8.52. The fourth-order valence-corrected chi connectivity index (χ4v) is 2.26. The van der Waals surface area contributed by atoms with Crippen LogP contribution in [0.25, 0.3) is 0 Å². The molecule has 0 amide bonds. The Morgan fingerprint density at radius 3 is 2.44 bits per heavy atom. The zero-order chi connectivity index (χ0) is 13.2. The van der Waals surface area contributed by atoms with Crippen molar-refractivity contribution in [2.24, 2.45) is 5.92 Å². The van der Waals surface area contributed by atoms with Gasteiger partial charge in [0.25, 0.3) is 0 Å². The molecule has 2 unspecified atom stereocenters. The van der Waals surface area contributed by atoms with E-state index in [0.717, 1.165) is 25.0 Å². The second kappa shape index (κ2) is 5.28. The van der Waals surface area contributed by atoms with Crippen LogP contribution in [0.15, 0.2) is 24.3 Å². The standard InChI is InChI=1S/C13H15F3O2/c14-13(15,16)11-5-3-9(4-6-11)12-10(8-17)2-1-7-18-12/h3-6,10,12,17H,1-2,7-8H2. The smallest absolute Gasteiger partial charge is 0.396 e. The van der Waals surface area contributed by atoms with E-state index in [1.54, 1.807) is 0 Å². The van der Waals surface area contributed by atoms with E-state index in [1.165, 1.54) is 12.1 Å². The molecule has 0 saturated carbocycles. The summed E-state index contributed by atoms with van der Waals surface area (Å²) in [5.74, 6) is -0.0320. The maximum atomic E-state index is 12.4. The Labute approximate surface area is 103 Å². The van der Waals surface area contributed by atoms with Gasteiger partial charge < -0.3 is 9.84 Å². The molecule has 1 fully saturated rings. The van der Waals surface area contributed by atoms with E-state index < -0.39 is 11.7 Å². The molecule has 2 atom stereocenters. The van der Waals surface area contributed by atoms with Crippen molar-refractivity contribution in [2.75, 3.05) is 13.2 Å². The monoisotopic (exact) mass is 260 g/mol. The summed E-state index contributed by atoms with van der Waals surface area (Å²) < 4.78 is 42.9. The summed E-state index contributed by atoms with van der Waals surface area (Å²) in [6.07, 6.45) is -2.90. The zero-order valence-electron chi connectivity index (χ0n) is 9.78.